The highest BCUT2D eigenvalue weighted by Crippen LogP contribution is 2.22. The van der Waals surface area contributed by atoms with E-state index in [1.54, 1.807) is 12.1 Å². The molecular formula is C13H20N2O. The molecule has 2 aromatic rings. The van der Waals surface area contributed by atoms with Crippen molar-refractivity contribution in [1.29, 1.82) is 0 Å². The molecule has 0 aliphatic rings. The molecule has 0 aliphatic carbocycles. The lowest BCUT2D eigenvalue weighted by molar-refractivity contribution is 0.476. The minimum atomic E-state index is 0.322. The molecular weight excluding hydrogens is 200 g/mol. The van der Waals surface area contributed by atoms with Crippen LogP contribution in [0.25, 0.3) is 10.9 Å². The van der Waals surface area contributed by atoms with Crippen LogP contribution in [0.15, 0.2) is 24.4 Å². The van der Waals surface area contributed by atoms with Crippen LogP contribution in [-0.4, -0.2) is 23.7 Å². The zero-order valence-electron chi connectivity index (χ0n) is 10.2. The largest absolute Gasteiger partial charge is 0.508 e. The highest BCUT2D eigenvalue weighted by molar-refractivity contribution is 5.84. The molecule has 3 N–H and O–H groups in total. The number of hydrogen-bond acceptors (Lipinski definition) is 2. The Morgan fingerprint density at radius 2 is 2.06 bits per heavy atom. The van der Waals surface area contributed by atoms with Crippen molar-refractivity contribution >= 4 is 10.9 Å². The van der Waals surface area contributed by atoms with Gasteiger partial charge in [-0.1, -0.05) is 13.8 Å². The fraction of sp³-hybridized carbons (Fsp3) is 0.385. The van der Waals surface area contributed by atoms with Gasteiger partial charge in [0.2, 0.25) is 0 Å². The van der Waals surface area contributed by atoms with E-state index in [2.05, 4.69) is 10.3 Å². The molecule has 0 fully saturated rings. The van der Waals surface area contributed by atoms with Crippen molar-refractivity contribution in [3.8, 4) is 5.75 Å². The van der Waals surface area contributed by atoms with Gasteiger partial charge in [-0.05, 0) is 43.8 Å². The first-order valence-corrected chi connectivity index (χ1v) is 5.75. The number of aromatic amines is 1. The number of likely N-dealkylation sites (N-methyl/N-ethyl adjacent to an activating group) is 1. The Balaban J connectivity index is 0.000000606. The van der Waals surface area contributed by atoms with E-state index in [0.29, 0.717) is 5.75 Å². The van der Waals surface area contributed by atoms with Gasteiger partial charge < -0.3 is 15.4 Å². The molecule has 3 heteroatoms. The molecule has 0 atom stereocenters. The number of aromatic hydroxyl groups is 1. The van der Waals surface area contributed by atoms with Crippen molar-refractivity contribution in [3.63, 3.8) is 0 Å². The zero-order valence-corrected chi connectivity index (χ0v) is 10.2. The average Bonchev–Trinajstić information content (AvgIpc) is 2.71. The first-order chi connectivity index (χ1) is 7.81. The highest BCUT2D eigenvalue weighted by atomic mass is 16.3. The smallest absolute Gasteiger partial charge is 0.116 e. The van der Waals surface area contributed by atoms with E-state index in [-0.39, 0.29) is 0 Å². The van der Waals surface area contributed by atoms with Gasteiger partial charge in [0, 0.05) is 17.1 Å². The molecule has 2 rings (SSSR count). The Hall–Kier alpha value is -1.48. The second-order valence-corrected chi connectivity index (χ2v) is 3.40. The quantitative estimate of drug-likeness (QED) is 0.744. The Kier molecular flexibility index (Phi) is 4.86. The number of phenolic OH excluding ortho intramolecular Hbond substituents is 1. The number of hydrogen-bond donors (Lipinski definition) is 3. The van der Waals surface area contributed by atoms with Crippen molar-refractivity contribution in [1.82, 2.24) is 10.3 Å². The minimum absolute atomic E-state index is 0.322. The number of benzene rings is 1. The van der Waals surface area contributed by atoms with Gasteiger partial charge in [0.25, 0.3) is 0 Å². The van der Waals surface area contributed by atoms with Crippen LogP contribution in [-0.2, 0) is 6.42 Å². The molecule has 3 nitrogen and oxygen atoms in total. The lowest BCUT2D eigenvalue weighted by Gasteiger charge is -1.98. The average molecular weight is 220 g/mol. The van der Waals surface area contributed by atoms with Crippen molar-refractivity contribution in [2.75, 3.05) is 13.6 Å². The molecule has 0 bridgehead atoms. The zero-order chi connectivity index (χ0) is 12.0. The molecule has 1 aromatic heterocycles. The molecule has 0 saturated heterocycles. The summed E-state index contributed by atoms with van der Waals surface area (Å²) >= 11 is 0. The molecule has 1 aromatic carbocycles. The maximum Gasteiger partial charge on any atom is 0.116 e. The van der Waals surface area contributed by atoms with Crippen LogP contribution in [0.3, 0.4) is 0 Å². The van der Waals surface area contributed by atoms with Crippen molar-refractivity contribution in [2.45, 2.75) is 20.3 Å². The number of rotatable bonds is 3. The molecule has 1 heterocycles. The lowest BCUT2D eigenvalue weighted by Crippen LogP contribution is -2.09. The Bertz CT molecular complexity index is 434. The first kappa shape index (κ1) is 12.6. The number of fused-ring (bicyclic) bond motifs is 1. The predicted molar refractivity (Wildman–Crippen MR) is 68.9 cm³/mol. The maximum absolute atomic E-state index is 9.37. The van der Waals surface area contributed by atoms with Crippen LogP contribution in [0.4, 0.5) is 0 Å². The van der Waals surface area contributed by atoms with E-state index in [1.165, 1.54) is 5.56 Å². The van der Waals surface area contributed by atoms with Crippen LogP contribution >= 0.6 is 0 Å². The van der Waals surface area contributed by atoms with E-state index in [9.17, 15) is 5.11 Å². The molecule has 0 amide bonds. The summed E-state index contributed by atoms with van der Waals surface area (Å²) in [4.78, 5) is 3.19. The third-order valence-corrected chi connectivity index (χ3v) is 2.40. The van der Waals surface area contributed by atoms with Gasteiger partial charge in [-0.3, -0.25) is 0 Å². The van der Waals surface area contributed by atoms with Gasteiger partial charge in [0.15, 0.2) is 0 Å². The Morgan fingerprint density at radius 1 is 1.31 bits per heavy atom. The van der Waals surface area contributed by atoms with Crippen molar-refractivity contribution in [2.24, 2.45) is 0 Å². The fourth-order valence-electron chi connectivity index (χ4n) is 1.63. The number of phenols is 1. The third-order valence-electron chi connectivity index (χ3n) is 2.40. The highest BCUT2D eigenvalue weighted by Gasteiger charge is 2.03. The summed E-state index contributed by atoms with van der Waals surface area (Å²) in [5.41, 5.74) is 2.32. The monoisotopic (exact) mass is 220 g/mol. The number of nitrogens with one attached hydrogen (secondary N) is 2. The van der Waals surface area contributed by atoms with Gasteiger partial charge >= 0.3 is 0 Å². The van der Waals surface area contributed by atoms with E-state index in [4.69, 9.17) is 0 Å². The van der Waals surface area contributed by atoms with Crippen molar-refractivity contribution in [3.05, 3.63) is 30.0 Å². The topological polar surface area (TPSA) is 48.0 Å². The van der Waals surface area contributed by atoms with E-state index in [0.717, 1.165) is 23.9 Å². The van der Waals surface area contributed by atoms with Crippen LogP contribution in [0.2, 0.25) is 0 Å². The fourth-order valence-corrected chi connectivity index (χ4v) is 1.63. The molecule has 0 unspecified atom stereocenters. The van der Waals surface area contributed by atoms with Crippen molar-refractivity contribution < 1.29 is 5.11 Å². The van der Waals surface area contributed by atoms with Gasteiger partial charge in [-0.2, -0.15) is 0 Å². The summed E-state index contributed by atoms with van der Waals surface area (Å²) in [5, 5.41) is 13.6. The Labute approximate surface area is 96.5 Å². The van der Waals surface area contributed by atoms with Gasteiger partial charge in [0.05, 0.1) is 0 Å². The van der Waals surface area contributed by atoms with Crippen LogP contribution in [0.1, 0.15) is 19.4 Å². The van der Waals surface area contributed by atoms with Gasteiger partial charge in [0.1, 0.15) is 5.75 Å². The first-order valence-electron chi connectivity index (χ1n) is 5.75. The maximum atomic E-state index is 9.37. The summed E-state index contributed by atoms with van der Waals surface area (Å²) in [6.45, 7) is 4.95. The Morgan fingerprint density at radius 3 is 2.75 bits per heavy atom. The lowest BCUT2D eigenvalue weighted by atomic mass is 10.1. The second-order valence-electron chi connectivity index (χ2n) is 3.40. The predicted octanol–water partition coefficient (Wildman–Crippen LogP) is 2.66. The molecule has 16 heavy (non-hydrogen) atoms. The van der Waals surface area contributed by atoms with Gasteiger partial charge in [-0.15, -0.1) is 0 Å². The number of H-pyrrole nitrogens is 1. The van der Waals surface area contributed by atoms with Gasteiger partial charge in [-0.25, -0.2) is 0 Å². The second kappa shape index (κ2) is 6.18. The summed E-state index contributed by atoms with van der Waals surface area (Å²) in [5.74, 6) is 0.322. The summed E-state index contributed by atoms with van der Waals surface area (Å²) in [6.07, 6.45) is 2.97. The minimum Gasteiger partial charge on any atom is -0.508 e. The molecule has 0 saturated carbocycles. The number of aromatic nitrogens is 1. The summed E-state index contributed by atoms with van der Waals surface area (Å²) in [6, 6.07) is 5.39. The third kappa shape index (κ3) is 2.76. The molecule has 0 spiro atoms. The van der Waals surface area contributed by atoms with Crippen LogP contribution in [0.5, 0.6) is 5.75 Å². The standard InChI is InChI=1S/C11H14N2O.C2H6/c1-12-5-4-8-7-13-11-3-2-9(14)6-10(8)11;1-2/h2-3,6-7,12-14H,4-5H2,1H3;1-2H3. The SMILES string of the molecule is CC.CNCCc1c[nH]c2ccc(O)cc12. The summed E-state index contributed by atoms with van der Waals surface area (Å²) in [7, 11) is 1.94. The summed E-state index contributed by atoms with van der Waals surface area (Å²) < 4.78 is 0. The molecule has 0 radical (unpaired) electrons. The van der Waals surface area contributed by atoms with E-state index in [1.807, 2.05) is 33.2 Å². The molecule has 88 valence electrons. The normalized spacial score (nSPS) is 9.94. The molecule has 0 aliphatic heterocycles. The van der Waals surface area contributed by atoms with E-state index >= 15 is 0 Å². The van der Waals surface area contributed by atoms with Crippen LogP contribution < -0.4 is 5.32 Å². The van der Waals surface area contributed by atoms with E-state index < -0.39 is 0 Å². The van der Waals surface area contributed by atoms with Crippen LogP contribution in [0, 0.1) is 0 Å².